The van der Waals surface area contributed by atoms with E-state index in [2.05, 4.69) is 10.3 Å². The highest BCUT2D eigenvalue weighted by Gasteiger charge is 2.22. The molecule has 1 amide bonds. The Morgan fingerprint density at radius 2 is 2.00 bits per heavy atom. The summed E-state index contributed by atoms with van der Waals surface area (Å²) < 4.78 is 12.0. The number of anilines is 1. The molecule has 2 heterocycles. The SMILES string of the molecule is COc1c(C(=O)Nc2ccccc2)sc2cccc(-c3cnco3)c12. The molecule has 1 N–H and O–H groups in total. The molecule has 124 valence electrons. The number of amides is 1. The number of ether oxygens (including phenoxy) is 1. The summed E-state index contributed by atoms with van der Waals surface area (Å²) in [6.45, 7) is 0. The summed E-state index contributed by atoms with van der Waals surface area (Å²) in [7, 11) is 1.57. The van der Waals surface area contributed by atoms with Gasteiger partial charge in [0.05, 0.1) is 13.3 Å². The molecule has 0 fully saturated rings. The minimum atomic E-state index is -0.201. The van der Waals surface area contributed by atoms with Gasteiger partial charge >= 0.3 is 0 Å². The highest BCUT2D eigenvalue weighted by Crippen LogP contribution is 2.43. The van der Waals surface area contributed by atoms with E-state index in [1.54, 1.807) is 13.3 Å². The van der Waals surface area contributed by atoms with Gasteiger partial charge in [0.25, 0.3) is 5.91 Å². The van der Waals surface area contributed by atoms with Crippen molar-refractivity contribution in [2.75, 3.05) is 12.4 Å². The second-order valence-corrected chi connectivity index (χ2v) is 6.38. The lowest BCUT2D eigenvalue weighted by Gasteiger charge is -2.06. The zero-order valence-electron chi connectivity index (χ0n) is 13.4. The van der Waals surface area contributed by atoms with Gasteiger partial charge in [0.2, 0.25) is 0 Å². The first-order valence-corrected chi connectivity index (χ1v) is 8.44. The Morgan fingerprint density at radius 3 is 2.72 bits per heavy atom. The molecule has 0 saturated carbocycles. The van der Waals surface area contributed by atoms with Crippen LogP contribution in [-0.4, -0.2) is 18.0 Å². The smallest absolute Gasteiger partial charge is 0.269 e. The number of oxazole rings is 1. The van der Waals surface area contributed by atoms with Gasteiger partial charge in [0.1, 0.15) is 4.88 Å². The monoisotopic (exact) mass is 350 g/mol. The van der Waals surface area contributed by atoms with Crippen molar-refractivity contribution in [1.29, 1.82) is 0 Å². The largest absolute Gasteiger partial charge is 0.494 e. The van der Waals surface area contributed by atoms with E-state index in [4.69, 9.17) is 9.15 Å². The Hall–Kier alpha value is -3.12. The molecule has 0 spiro atoms. The zero-order valence-corrected chi connectivity index (χ0v) is 14.2. The maximum absolute atomic E-state index is 12.7. The predicted molar refractivity (Wildman–Crippen MR) is 98.3 cm³/mol. The highest BCUT2D eigenvalue weighted by molar-refractivity contribution is 7.21. The number of aromatic nitrogens is 1. The summed E-state index contributed by atoms with van der Waals surface area (Å²) in [6, 6.07) is 15.2. The van der Waals surface area contributed by atoms with Crippen molar-refractivity contribution in [3.05, 3.63) is 66.0 Å². The number of rotatable bonds is 4. The summed E-state index contributed by atoms with van der Waals surface area (Å²) in [5.41, 5.74) is 1.59. The molecule has 6 heteroatoms. The van der Waals surface area contributed by atoms with Gasteiger partial charge < -0.3 is 14.5 Å². The lowest BCUT2D eigenvalue weighted by atomic mass is 10.1. The molecular formula is C19H14N2O3S. The quantitative estimate of drug-likeness (QED) is 0.573. The third-order valence-electron chi connectivity index (χ3n) is 3.81. The van der Waals surface area contributed by atoms with E-state index in [1.807, 2.05) is 48.5 Å². The van der Waals surface area contributed by atoms with Gasteiger partial charge in [-0.2, -0.15) is 0 Å². The molecule has 25 heavy (non-hydrogen) atoms. The van der Waals surface area contributed by atoms with E-state index >= 15 is 0 Å². The van der Waals surface area contributed by atoms with Crippen molar-refractivity contribution < 1.29 is 13.9 Å². The van der Waals surface area contributed by atoms with E-state index in [-0.39, 0.29) is 5.91 Å². The molecule has 0 atom stereocenters. The number of thiophene rings is 1. The van der Waals surface area contributed by atoms with Gasteiger partial charge in [-0.3, -0.25) is 4.79 Å². The maximum Gasteiger partial charge on any atom is 0.269 e. The van der Waals surface area contributed by atoms with Crippen LogP contribution in [0.4, 0.5) is 5.69 Å². The van der Waals surface area contributed by atoms with E-state index in [9.17, 15) is 4.79 Å². The molecule has 0 aliphatic carbocycles. The predicted octanol–water partition coefficient (Wildman–Crippen LogP) is 4.82. The molecule has 0 aliphatic heterocycles. The number of fused-ring (bicyclic) bond motifs is 1. The van der Waals surface area contributed by atoms with Crippen LogP contribution in [0.3, 0.4) is 0 Å². The number of hydrogen-bond acceptors (Lipinski definition) is 5. The molecule has 0 saturated heterocycles. The van der Waals surface area contributed by atoms with E-state index in [0.29, 0.717) is 16.4 Å². The molecule has 2 aromatic heterocycles. The molecule has 0 unspecified atom stereocenters. The van der Waals surface area contributed by atoms with Crippen LogP contribution >= 0.6 is 11.3 Å². The third kappa shape index (κ3) is 2.77. The molecule has 4 rings (SSSR count). The maximum atomic E-state index is 12.7. The molecule has 0 bridgehead atoms. The van der Waals surface area contributed by atoms with Gasteiger partial charge in [-0.25, -0.2) is 4.98 Å². The van der Waals surface area contributed by atoms with Crippen LogP contribution < -0.4 is 10.1 Å². The molecule has 5 nitrogen and oxygen atoms in total. The fraction of sp³-hybridized carbons (Fsp3) is 0.0526. The number of carbonyl (C=O) groups excluding carboxylic acids is 1. The fourth-order valence-corrected chi connectivity index (χ4v) is 3.82. The summed E-state index contributed by atoms with van der Waals surface area (Å²) in [5, 5.41) is 3.76. The summed E-state index contributed by atoms with van der Waals surface area (Å²) >= 11 is 1.39. The highest BCUT2D eigenvalue weighted by atomic mass is 32.1. The number of carbonyl (C=O) groups is 1. The van der Waals surface area contributed by atoms with Crippen LogP contribution in [0.25, 0.3) is 21.4 Å². The van der Waals surface area contributed by atoms with Gasteiger partial charge in [-0.05, 0) is 18.2 Å². The van der Waals surface area contributed by atoms with Crippen molar-refractivity contribution in [1.82, 2.24) is 4.98 Å². The van der Waals surface area contributed by atoms with Crippen molar-refractivity contribution in [2.45, 2.75) is 0 Å². The average Bonchev–Trinajstić information content (AvgIpc) is 3.30. The minimum absolute atomic E-state index is 0.201. The first-order valence-electron chi connectivity index (χ1n) is 7.62. The number of nitrogens with one attached hydrogen (secondary N) is 1. The number of benzene rings is 2. The normalized spacial score (nSPS) is 10.8. The van der Waals surface area contributed by atoms with Gasteiger partial charge in [0.15, 0.2) is 17.9 Å². The van der Waals surface area contributed by atoms with Crippen LogP contribution in [-0.2, 0) is 0 Å². The zero-order chi connectivity index (χ0) is 17.2. The number of hydrogen-bond donors (Lipinski definition) is 1. The van der Waals surface area contributed by atoms with Crippen LogP contribution in [0.1, 0.15) is 9.67 Å². The lowest BCUT2D eigenvalue weighted by molar-refractivity contribution is 0.102. The van der Waals surface area contributed by atoms with Crippen molar-refractivity contribution in [3.8, 4) is 17.1 Å². The van der Waals surface area contributed by atoms with E-state index in [0.717, 1.165) is 21.3 Å². The Labute approximate surface area is 147 Å². The summed E-state index contributed by atoms with van der Waals surface area (Å²) in [4.78, 5) is 17.2. The summed E-state index contributed by atoms with van der Waals surface area (Å²) in [6.07, 6.45) is 3.03. The van der Waals surface area contributed by atoms with Gasteiger partial charge in [0, 0.05) is 21.3 Å². The number of methoxy groups -OCH3 is 1. The van der Waals surface area contributed by atoms with Crippen molar-refractivity contribution in [3.63, 3.8) is 0 Å². The first-order chi connectivity index (χ1) is 12.3. The Morgan fingerprint density at radius 1 is 1.16 bits per heavy atom. The second kappa shape index (κ2) is 6.41. The Balaban J connectivity index is 1.82. The number of nitrogens with zero attached hydrogens (tertiary/aromatic N) is 1. The molecular weight excluding hydrogens is 336 g/mol. The van der Waals surface area contributed by atoms with Crippen LogP contribution in [0.5, 0.6) is 5.75 Å². The second-order valence-electron chi connectivity index (χ2n) is 5.33. The topological polar surface area (TPSA) is 64.4 Å². The fourth-order valence-electron chi connectivity index (χ4n) is 2.73. The molecule has 4 aromatic rings. The summed E-state index contributed by atoms with van der Waals surface area (Å²) in [5.74, 6) is 0.977. The molecule has 2 aromatic carbocycles. The first kappa shape index (κ1) is 15.4. The van der Waals surface area contributed by atoms with E-state index < -0.39 is 0 Å². The van der Waals surface area contributed by atoms with Crippen LogP contribution in [0.15, 0.2) is 65.5 Å². The van der Waals surface area contributed by atoms with Gasteiger partial charge in [-0.15, -0.1) is 11.3 Å². The molecule has 0 radical (unpaired) electrons. The van der Waals surface area contributed by atoms with Crippen molar-refractivity contribution >= 4 is 33.0 Å². The van der Waals surface area contributed by atoms with E-state index in [1.165, 1.54) is 17.7 Å². The Bertz CT molecular complexity index is 1020. The van der Waals surface area contributed by atoms with Crippen LogP contribution in [0.2, 0.25) is 0 Å². The Kier molecular flexibility index (Phi) is 3.95. The molecule has 0 aliphatic rings. The van der Waals surface area contributed by atoms with Gasteiger partial charge in [-0.1, -0.05) is 30.3 Å². The lowest BCUT2D eigenvalue weighted by Crippen LogP contribution is -2.11. The van der Waals surface area contributed by atoms with Crippen molar-refractivity contribution in [2.24, 2.45) is 0 Å². The van der Waals surface area contributed by atoms with Crippen LogP contribution in [0, 0.1) is 0 Å². The third-order valence-corrected chi connectivity index (χ3v) is 4.95. The average molecular weight is 350 g/mol. The number of para-hydroxylation sites is 1. The minimum Gasteiger partial charge on any atom is -0.494 e. The standard InChI is InChI=1S/C19H14N2O3S/c1-23-17-16-13(14-10-20-11-24-14)8-5-9-15(16)25-18(17)19(22)21-12-6-3-2-4-7-12/h2-11H,1H3,(H,21,22).